The molecule has 8 nitrogen and oxygen atoms in total. The summed E-state index contributed by atoms with van der Waals surface area (Å²) in [6.07, 6.45) is -4.18. The molecule has 3 fully saturated rings. The summed E-state index contributed by atoms with van der Waals surface area (Å²) in [5, 5.41) is 19.5. The zero-order valence-electron chi connectivity index (χ0n) is 24.3. The Morgan fingerprint density at radius 1 is 1.17 bits per heavy atom. The molecule has 0 aliphatic carbocycles. The van der Waals surface area contributed by atoms with E-state index in [2.05, 4.69) is 9.97 Å². The number of benzene rings is 2. The van der Waals surface area contributed by atoms with Gasteiger partial charge in [-0.25, -0.2) is 13.2 Å². The van der Waals surface area contributed by atoms with Gasteiger partial charge >= 0.3 is 12.2 Å². The van der Waals surface area contributed by atoms with Crippen LogP contribution < -0.4 is 15.4 Å². The molecule has 3 saturated heterocycles. The number of hydrogen-bond donors (Lipinski definition) is 2. The number of aromatic nitrogens is 2. The predicted octanol–water partition coefficient (Wildman–Crippen LogP) is 6.18. The molecule has 4 aromatic rings. The Morgan fingerprint density at radius 2 is 1.98 bits per heavy atom. The molecule has 15 heteroatoms. The second kappa shape index (κ2) is 11.1. The van der Waals surface area contributed by atoms with E-state index in [0.717, 1.165) is 24.6 Å². The number of nitrogen functional groups attached to an aromatic ring is 1. The van der Waals surface area contributed by atoms with Crippen LogP contribution in [0.1, 0.15) is 43.2 Å². The number of aliphatic hydroxyl groups excluding tert-OH is 1. The number of nitrogens with two attached hydrogens (primary N) is 1. The number of fused-ring (bicyclic) bond motifs is 3. The van der Waals surface area contributed by atoms with Gasteiger partial charge in [0.05, 0.1) is 27.5 Å². The molecule has 5 heterocycles. The summed E-state index contributed by atoms with van der Waals surface area (Å²) in [5.74, 6) is -2.24. The molecule has 3 aliphatic heterocycles. The number of alkyl halides is 4. The Hall–Kier alpha value is -3.87. The van der Waals surface area contributed by atoms with Gasteiger partial charge in [0.25, 0.3) is 0 Å². The van der Waals surface area contributed by atoms with E-state index in [4.69, 9.17) is 10.5 Å². The molecule has 242 valence electrons. The van der Waals surface area contributed by atoms with Crippen LogP contribution in [0.25, 0.3) is 32.1 Å². The SMILES string of the molecule is N#Cc1c(N)sc2c(F)ccc(-c3c(C(F)(F)F)cc4c(N5CCCC(O)C5)nc(OCC56CCCN5CC(F)C6)nc4c3F)c12. The summed E-state index contributed by atoms with van der Waals surface area (Å²) in [5.41, 5.74) is 1.89. The highest BCUT2D eigenvalue weighted by Crippen LogP contribution is 2.48. The number of nitriles is 1. The molecule has 0 radical (unpaired) electrons. The lowest BCUT2D eigenvalue weighted by molar-refractivity contribution is -0.137. The molecule has 0 spiro atoms. The minimum absolute atomic E-state index is 0.00556. The number of piperidine rings is 1. The van der Waals surface area contributed by atoms with E-state index in [1.807, 2.05) is 11.0 Å². The van der Waals surface area contributed by atoms with Crippen molar-refractivity contribution in [2.24, 2.45) is 0 Å². The Labute approximate surface area is 263 Å². The lowest BCUT2D eigenvalue weighted by atomic mass is 9.92. The van der Waals surface area contributed by atoms with Crippen LogP contribution in [-0.2, 0) is 6.18 Å². The molecular formula is C31H28F6N6O2S. The third-order valence-corrected chi connectivity index (χ3v) is 10.3. The smallest absolute Gasteiger partial charge is 0.417 e. The minimum atomic E-state index is -5.09. The molecular weight excluding hydrogens is 634 g/mol. The normalized spacial score (nSPS) is 23.7. The highest BCUT2D eigenvalue weighted by atomic mass is 32.1. The zero-order chi connectivity index (χ0) is 32.5. The molecule has 2 aromatic carbocycles. The van der Waals surface area contributed by atoms with Gasteiger partial charge < -0.3 is 20.5 Å². The van der Waals surface area contributed by atoms with Gasteiger partial charge in [-0.05, 0) is 49.9 Å². The second-order valence-corrected chi connectivity index (χ2v) is 13.2. The van der Waals surface area contributed by atoms with Crippen molar-refractivity contribution in [2.75, 3.05) is 43.4 Å². The average molecular weight is 663 g/mol. The molecule has 3 atom stereocenters. The summed E-state index contributed by atoms with van der Waals surface area (Å²) in [6.45, 7) is 1.32. The van der Waals surface area contributed by atoms with Gasteiger partial charge in [0, 0.05) is 42.4 Å². The number of aliphatic hydroxyl groups is 1. The van der Waals surface area contributed by atoms with Crippen molar-refractivity contribution in [1.29, 1.82) is 5.26 Å². The number of rotatable bonds is 5. The first-order valence-corrected chi connectivity index (χ1v) is 15.7. The Morgan fingerprint density at radius 3 is 2.72 bits per heavy atom. The first kappa shape index (κ1) is 30.8. The molecule has 0 saturated carbocycles. The van der Waals surface area contributed by atoms with Crippen LogP contribution in [0.5, 0.6) is 6.01 Å². The van der Waals surface area contributed by atoms with E-state index in [1.165, 1.54) is 0 Å². The number of hydrogen-bond acceptors (Lipinski definition) is 9. The van der Waals surface area contributed by atoms with Crippen molar-refractivity contribution in [1.82, 2.24) is 14.9 Å². The zero-order valence-corrected chi connectivity index (χ0v) is 25.1. The Bertz CT molecular complexity index is 1910. The third-order valence-electron chi connectivity index (χ3n) is 9.32. The van der Waals surface area contributed by atoms with Gasteiger partial charge in [0.2, 0.25) is 0 Å². The summed E-state index contributed by atoms with van der Waals surface area (Å²) >= 11 is 0.681. The predicted molar refractivity (Wildman–Crippen MR) is 160 cm³/mol. The van der Waals surface area contributed by atoms with Gasteiger partial charge in [-0.1, -0.05) is 6.07 Å². The molecule has 3 aliphatic rings. The summed E-state index contributed by atoms with van der Waals surface area (Å²) in [7, 11) is 0. The molecule has 0 bridgehead atoms. The fourth-order valence-corrected chi connectivity index (χ4v) is 8.24. The van der Waals surface area contributed by atoms with Crippen LogP contribution in [0, 0.1) is 23.0 Å². The number of β-amino-alcohol motifs (C(OH)–C–C–N with tert-alkyl or cyclic N) is 1. The first-order valence-electron chi connectivity index (χ1n) is 14.9. The third kappa shape index (κ3) is 4.98. The highest BCUT2D eigenvalue weighted by Gasteiger charge is 2.49. The summed E-state index contributed by atoms with van der Waals surface area (Å²) in [4.78, 5) is 12.3. The quantitative estimate of drug-likeness (QED) is 0.244. The van der Waals surface area contributed by atoms with Crippen LogP contribution in [0.4, 0.5) is 37.2 Å². The summed E-state index contributed by atoms with van der Waals surface area (Å²) < 4.78 is 96.3. The Kier molecular flexibility index (Phi) is 7.45. The van der Waals surface area contributed by atoms with Gasteiger partial charge in [-0.15, -0.1) is 11.3 Å². The van der Waals surface area contributed by atoms with E-state index in [-0.39, 0.29) is 69.5 Å². The lowest BCUT2D eigenvalue weighted by Gasteiger charge is -2.33. The number of thiophene rings is 1. The lowest BCUT2D eigenvalue weighted by Crippen LogP contribution is -2.43. The van der Waals surface area contributed by atoms with Crippen LogP contribution in [0.3, 0.4) is 0 Å². The second-order valence-electron chi connectivity index (χ2n) is 12.2. The van der Waals surface area contributed by atoms with Crippen LogP contribution in [0.15, 0.2) is 18.2 Å². The average Bonchev–Trinajstić information content (AvgIpc) is 3.65. The molecule has 2 aromatic heterocycles. The van der Waals surface area contributed by atoms with E-state index in [1.54, 1.807) is 4.90 Å². The summed E-state index contributed by atoms with van der Waals surface area (Å²) in [6, 6.07) is 4.14. The van der Waals surface area contributed by atoms with Crippen molar-refractivity contribution in [3.05, 3.63) is 41.0 Å². The van der Waals surface area contributed by atoms with E-state index < -0.39 is 52.3 Å². The molecule has 3 N–H and O–H groups in total. The Balaban J connectivity index is 1.46. The van der Waals surface area contributed by atoms with Crippen molar-refractivity contribution in [3.63, 3.8) is 0 Å². The topological polar surface area (TPSA) is 112 Å². The fraction of sp³-hybridized carbons (Fsp3) is 0.452. The first-order chi connectivity index (χ1) is 21.9. The van der Waals surface area contributed by atoms with Crippen LogP contribution in [0.2, 0.25) is 0 Å². The molecule has 46 heavy (non-hydrogen) atoms. The van der Waals surface area contributed by atoms with Crippen molar-refractivity contribution >= 4 is 43.1 Å². The standard InChI is InChI=1S/C31H28F6N6O2S/c32-15-10-30(6-2-8-43(30)12-15)14-45-29-40-25-18(28(41-29)42-7-1-3-16(44)13-42)9-20(31(35,36)37)23(24(25)34)17-4-5-21(33)26-22(17)19(11-38)27(39)46-26/h4-5,9,15-16,44H,1-3,6-8,10,12-14,39H2. The highest BCUT2D eigenvalue weighted by molar-refractivity contribution is 7.23. The fourth-order valence-electron chi connectivity index (χ4n) is 7.29. The van der Waals surface area contributed by atoms with E-state index in [9.17, 15) is 32.3 Å². The maximum Gasteiger partial charge on any atom is 0.417 e. The van der Waals surface area contributed by atoms with Gasteiger partial charge in [-0.3, -0.25) is 4.90 Å². The van der Waals surface area contributed by atoms with Crippen molar-refractivity contribution in [3.8, 4) is 23.2 Å². The maximum atomic E-state index is 16.9. The largest absolute Gasteiger partial charge is 0.461 e. The monoisotopic (exact) mass is 662 g/mol. The van der Waals surface area contributed by atoms with Crippen LogP contribution in [-0.4, -0.2) is 70.6 Å². The minimum Gasteiger partial charge on any atom is -0.461 e. The van der Waals surface area contributed by atoms with Crippen molar-refractivity contribution in [2.45, 2.75) is 56.1 Å². The maximum absolute atomic E-state index is 16.9. The number of ether oxygens (including phenoxy) is 1. The van der Waals surface area contributed by atoms with E-state index in [0.29, 0.717) is 43.7 Å². The van der Waals surface area contributed by atoms with Crippen LogP contribution >= 0.6 is 11.3 Å². The van der Waals surface area contributed by atoms with Crippen molar-refractivity contribution < 1.29 is 36.2 Å². The number of anilines is 2. The molecule has 7 rings (SSSR count). The number of nitrogens with zero attached hydrogens (tertiary/aromatic N) is 5. The van der Waals surface area contributed by atoms with E-state index >= 15 is 4.39 Å². The van der Waals surface area contributed by atoms with Gasteiger partial charge in [-0.2, -0.15) is 28.4 Å². The number of halogens is 6. The van der Waals surface area contributed by atoms with Gasteiger partial charge in [0.15, 0.2) is 5.82 Å². The van der Waals surface area contributed by atoms with Gasteiger partial charge in [0.1, 0.15) is 41.0 Å². The molecule has 3 unspecified atom stereocenters. The molecule has 0 amide bonds.